The molecule has 0 saturated heterocycles. The summed E-state index contributed by atoms with van der Waals surface area (Å²) in [6.45, 7) is 6.21. The molecule has 1 N–H and O–H groups in total. The van der Waals surface area contributed by atoms with Crippen LogP contribution in [0.2, 0.25) is 0 Å². The first-order valence-corrected chi connectivity index (χ1v) is 4.77. The van der Waals surface area contributed by atoms with Crippen molar-refractivity contribution >= 4 is 0 Å². The van der Waals surface area contributed by atoms with Crippen LogP contribution in [0.25, 0.3) is 0 Å². The minimum atomic E-state index is -0.420. The molecule has 1 rings (SSSR count). The fourth-order valence-electron chi connectivity index (χ4n) is 1.98. The number of rotatable bonds is 2. The van der Waals surface area contributed by atoms with Crippen LogP contribution in [-0.2, 0) is 0 Å². The fourth-order valence-corrected chi connectivity index (χ4v) is 1.98. The second kappa shape index (κ2) is 3.14. The Morgan fingerprint density at radius 3 is 2.09 bits per heavy atom. The first-order chi connectivity index (χ1) is 5.05. The molecule has 1 atom stereocenters. The summed E-state index contributed by atoms with van der Waals surface area (Å²) >= 11 is 0. The molecule has 1 saturated carbocycles. The summed E-state index contributed by atoms with van der Waals surface area (Å²) in [4.78, 5) is 0. The lowest BCUT2D eigenvalue weighted by Crippen LogP contribution is -2.38. The Kier molecular flexibility index (Phi) is 2.58. The second-order valence-electron chi connectivity index (χ2n) is 4.36. The summed E-state index contributed by atoms with van der Waals surface area (Å²) in [5.74, 6) is 0.952. The van der Waals surface area contributed by atoms with E-state index in [1.165, 1.54) is 25.7 Å². The van der Waals surface area contributed by atoms with Crippen molar-refractivity contribution in [3.05, 3.63) is 0 Å². The zero-order valence-electron chi connectivity index (χ0n) is 7.93. The van der Waals surface area contributed by atoms with Crippen LogP contribution in [-0.4, -0.2) is 10.7 Å². The molecule has 0 aromatic carbocycles. The number of aliphatic hydroxyl groups is 1. The van der Waals surface area contributed by atoms with Crippen LogP contribution in [0.1, 0.15) is 46.5 Å². The van der Waals surface area contributed by atoms with E-state index in [0.29, 0.717) is 11.8 Å². The Labute approximate surface area is 69.8 Å². The van der Waals surface area contributed by atoms with Crippen molar-refractivity contribution in [1.29, 1.82) is 0 Å². The van der Waals surface area contributed by atoms with Gasteiger partial charge < -0.3 is 5.11 Å². The van der Waals surface area contributed by atoms with Crippen molar-refractivity contribution in [2.24, 2.45) is 11.8 Å². The van der Waals surface area contributed by atoms with Crippen LogP contribution in [0.4, 0.5) is 0 Å². The molecule has 0 amide bonds. The SMILES string of the molecule is CC(C)[C@](C)(O)C1CCCC1. The third-order valence-electron chi connectivity index (χ3n) is 3.35. The van der Waals surface area contributed by atoms with Crippen LogP contribution in [0.5, 0.6) is 0 Å². The summed E-state index contributed by atoms with van der Waals surface area (Å²) in [5, 5.41) is 10.1. The summed E-state index contributed by atoms with van der Waals surface area (Å²) in [6, 6.07) is 0. The lowest BCUT2D eigenvalue weighted by molar-refractivity contribution is -0.0395. The predicted molar refractivity (Wildman–Crippen MR) is 47.4 cm³/mol. The molecule has 0 aromatic rings. The van der Waals surface area contributed by atoms with Crippen molar-refractivity contribution < 1.29 is 5.11 Å². The van der Waals surface area contributed by atoms with Gasteiger partial charge in [-0.1, -0.05) is 26.7 Å². The average molecular weight is 156 g/mol. The summed E-state index contributed by atoms with van der Waals surface area (Å²) in [7, 11) is 0. The largest absolute Gasteiger partial charge is 0.390 e. The lowest BCUT2D eigenvalue weighted by atomic mass is 9.79. The molecule has 1 fully saturated rings. The highest BCUT2D eigenvalue weighted by Crippen LogP contribution is 2.37. The lowest BCUT2D eigenvalue weighted by Gasteiger charge is -2.33. The maximum atomic E-state index is 10.1. The van der Waals surface area contributed by atoms with E-state index in [4.69, 9.17) is 0 Å². The molecule has 1 nitrogen and oxygen atoms in total. The van der Waals surface area contributed by atoms with Crippen LogP contribution in [0.15, 0.2) is 0 Å². The van der Waals surface area contributed by atoms with Gasteiger partial charge >= 0.3 is 0 Å². The van der Waals surface area contributed by atoms with E-state index in [1.54, 1.807) is 0 Å². The summed E-state index contributed by atoms with van der Waals surface area (Å²) in [6.07, 6.45) is 5.08. The summed E-state index contributed by atoms with van der Waals surface area (Å²) < 4.78 is 0. The fraction of sp³-hybridized carbons (Fsp3) is 1.00. The molecule has 1 aliphatic carbocycles. The van der Waals surface area contributed by atoms with Gasteiger partial charge in [0.1, 0.15) is 0 Å². The van der Waals surface area contributed by atoms with Gasteiger partial charge in [0.25, 0.3) is 0 Å². The highest BCUT2D eigenvalue weighted by Gasteiger charge is 2.36. The first-order valence-electron chi connectivity index (χ1n) is 4.77. The quantitative estimate of drug-likeness (QED) is 0.651. The van der Waals surface area contributed by atoms with Crippen molar-refractivity contribution in [2.75, 3.05) is 0 Å². The van der Waals surface area contributed by atoms with Crippen molar-refractivity contribution in [2.45, 2.75) is 52.1 Å². The minimum Gasteiger partial charge on any atom is -0.390 e. The Hall–Kier alpha value is -0.0400. The minimum absolute atomic E-state index is 0.394. The maximum absolute atomic E-state index is 10.1. The van der Waals surface area contributed by atoms with Crippen molar-refractivity contribution in [3.8, 4) is 0 Å². The van der Waals surface area contributed by atoms with Gasteiger partial charge in [0, 0.05) is 0 Å². The molecule has 0 bridgehead atoms. The van der Waals surface area contributed by atoms with E-state index in [0.717, 1.165) is 0 Å². The molecule has 66 valence electrons. The van der Waals surface area contributed by atoms with Gasteiger partial charge in [-0.25, -0.2) is 0 Å². The predicted octanol–water partition coefficient (Wildman–Crippen LogP) is 2.58. The highest BCUT2D eigenvalue weighted by molar-refractivity contribution is 4.87. The van der Waals surface area contributed by atoms with Crippen LogP contribution >= 0.6 is 0 Å². The Morgan fingerprint density at radius 1 is 1.27 bits per heavy atom. The third kappa shape index (κ3) is 1.76. The van der Waals surface area contributed by atoms with Gasteiger partial charge in [-0.15, -0.1) is 0 Å². The number of hydrogen-bond donors (Lipinski definition) is 1. The highest BCUT2D eigenvalue weighted by atomic mass is 16.3. The van der Waals surface area contributed by atoms with E-state index in [-0.39, 0.29) is 0 Å². The van der Waals surface area contributed by atoms with Gasteiger partial charge in [0.05, 0.1) is 5.60 Å². The normalized spacial score (nSPS) is 25.9. The second-order valence-corrected chi connectivity index (χ2v) is 4.36. The molecule has 1 aliphatic rings. The molecule has 0 heterocycles. The van der Waals surface area contributed by atoms with E-state index in [2.05, 4.69) is 13.8 Å². The average Bonchev–Trinajstić information content (AvgIpc) is 2.37. The molecule has 0 aliphatic heterocycles. The monoisotopic (exact) mass is 156 g/mol. The first kappa shape index (κ1) is 9.05. The molecule has 11 heavy (non-hydrogen) atoms. The Bertz CT molecular complexity index is 121. The van der Waals surface area contributed by atoms with Crippen molar-refractivity contribution in [3.63, 3.8) is 0 Å². The van der Waals surface area contributed by atoms with Gasteiger partial charge in [-0.05, 0) is 31.6 Å². The number of hydrogen-bond acceptors (Lipinski definition) is 1. The Morgan fingerprint density at radius 2 is 1.73 bits per heavy atom. The molecular weight excluding hydrogens is 136 g/mol. The Balaban J connectivity index is 2.55. The summed E-state index contributed by atoms with van der Waals surface area (Å²) in [5.41, 5.74) is -0.420. The molecular formula is C10H20O. The van der Waals surface area contributed by atoms with Crippen LogP contribution in [0, 0.1) is 11.8 Å². The maximum Gasteiger partial charge on any atom is 0.0670 e. The van der Waals surface area contributed by atoms with Crippen LogP contribution < -0.4 is 0 Å². The molecule has 1 heteroatoms. The van der Waals surface area contributed by atoms with Gasteiger partial charge in [-0.2, -0.15) is 0 Å². The van der Waals surface area contributed by atoms with E-state index >= 15 is 0 Å². The van der Waals surface area contributed by atoms with Gasteiger partial charge in [0.2, 0.25) is 0 Å². The van der Waals surface area contributed by atoms with Gasteiger partial charge in [-0.3, -0.25) is 0 Å². The molecule has 0 spiro atoms. The van der Waals surface area contributed by atoms with Crippen LogP contribution in [0.3, 0.4) is 0 Å². The standard InChI is InChI=1S/C10H20O/c1-8(2)10(3,11)9-6-4-5-7-9/h8-9,11H,4-7H2,1-3H3/t10-/m0/s1. The van der Waals surface area contributed by atoms with Crippen molar-refractivity contribution in [1.82, 2.24) is 0 Å². The van der Waals surface area contributed by atoms with E-state index in [9.17, 15) is 5.11 Å². The zero-order valence-corrected chi connectivity index (χ0v) is 7.93. The van der Waals surface area contributed by atoms with Gasteiger partial charge in [0.15, 0.2) is 0 Å². The zero-order chi connectivity index (χ0) is 8.48. The van der Waals surface area contributed by atoms with E-state index in [1.807, 2.05) is 6.92 Å². The third-order valence-corrected chi connectivity index (χ3v) is 3.35. The van der Waals surface area contributed by atoms with E-state index < -0.39 is 5.60 Å². The molecule has 0 aromatic heterocycles. The topological polar surface area (TPSA) is 20.2 Å². The molecule has 0 radical (unpaired) electrons. The molecule has 0 unspecified atom stereocenters. The smallest absolute Gasteiger partial charge is 0.0670 e.